The molecule has 0 aromatic carbocycles. The Balaban J connectivity index is 2.51. The molecule has 0 saturated carbocycles. The Bertz CT molecular complexity index is 604. The first-order valence-corrected chi connectivity index (χ1v) is 5.63. The summed E-state index contributed by atoms with van der Waals surface area (Å²) in [5.74, 6) is -1.42. The molecule has 0 unspecified atom stereocenters. The van der Waals surface area contributed by atoms with E-state index in [0.717, 1.165) is 6.42 Å². The molecule has 6 heteroatoms. The second-order valence-electron chi connectivity index (χ2n) is 3.80. The number of pyridine rings is 1. The van der Waals surface area contributed by atoms with Crippen molar-refractivity contribution in [2.45, 2.75) is 13.3 Å². The van der Waals surface area contributed by atoms with E-state index in [2.05, 4.69) is 10.3 Å². The fourth-order valence-electron chi connectivity index (χ4n) is 1.67. The molecule has 0 atom stereocenters. The average Bonchev–Trinajstić information content (AvgIpc) is 2.75. The van der Waals surface area contributed by atoms with Gasteiger partial charge in [-0.1, -0.05) is 13.0 Å². The third-order valence-electron chi connectivity index (χ3n) is 2.49. The second kappa shape index (κ2) is 4.87. The molecule has 6 nitrogen and oxygen atoms in total. The third-order valence-corrected chi connectivity index (χ3v) is 2.49. The van der Waals surface area contributed by atoms with Gasteiger partial charge in [-0.2, -0.15) is 0 Å². The van der Waals surface area contributed by atoms with E-state index in [1.807, 2.05) is 6.92 Å². The van der Waals surface area contributed by atoms with Crippen LogP contribution in [0, 0.1) is 0 Å². The summed E-state index contributed by atoms with van der Waals surface area (Å²) in [4.78, 5) is 26.8. The van der Waals surface area contributed by atoms with Crippen molar-refractivity contribution >= 4 is 17.4 Å². The molecule has 2 heterocycles. The fraction of sp³-hybridized carbons (Fsp3) is 0.250. The lowest BCUT2D eigenvalue weighted by molar-refractivity contribution is 0.0693. The molecule has 0 fully saturated rings. The summed E-state index contributed by atoms with van der Waals surface area (Å²) < 4.78 is 1.48. The Hall–Kier alpha value is -2.37. The van der Waals surface area contributed by atoms with E-state index in [1.165, 1.54) is 4.40 Å². The normalized spacial score (nSPS) is 10.5. The van der Waals surface area contributed by atoms with Crippen LogP contribution in [0.2, 0.25) is 0 Å². The van der Waals surface area contributed by atoms with Gasteiger partial charge in [-0.05, 0) is 18.6 Å². The number of aromatic nitrogens is 2. The molecule has 1 amide bonds. The Kier molecular flexibility index (Phi) is 3.27. The van der Waals surface area contributed by atoms with Crippen molar-refractivity contribution in [1.29, 1.82) is 0 Å². The maximum absolute atomic E-state index is 11.9. The monoisotopic (exact) mass is 247 g/mol. The highest BCUT2D eigenvalue weighted by molar-refractivity contribution is 5.98. The minimum atomic E-state index is -1.15. The van der Waals surface area contributed by atoms with E-state index in [9.17, 15) is 9.59 Å². The molecule has 0 aliphatic carbocycles. The molecule has 0 saturated heterocycles. The lowest BCUT2D eigenvalue weighted by Crippen LogP contribution is -2.26. The van der Waals surface area contributed by atoms with Crippen LogP contribution in [-0.4, -0.2) is 32.9 Å². The van der Waals surface area contributed by atoms with Gasteiger partial charge in [-0.25, -0.2) is 9.78 Å². The summed E-state index contributed by atoms with van der Waals surface area (Å²) in [6.07, 6.45) is 2.43. The van der Waals surface area contributed by atoms with E-state index in [0.29, 0.717) is 12.1 Å². The van der Waals surface area contributed by atoms with Crippen LogP contribution in [0.1, 0.15) is 34.5 Å². The van der Waals surface area contributed by atoms with Gasteiger partial charge in [-0.3, -0.25) is 9.20 Å². The van der Waals surface area contributed by atoms with Gasteiger partial charge in [0, 0.05) is 12.7 Å². The van der Waals surface area contributed by atoms with E-state index in [-0.39, 0.29) is 17.4 Å². The quantitative estimate of drug-likeness (QED) is 0.849. The Morgan fingerprint density at radius 1 is 1.44 bits per heavy atom. The summed E-state index contributed by atoms with van der Waals surface area (Å²) in [6, 6.07) is 5.04. The van der Waals surface area contributed by atoms with Crippen LogP contribution in [0.15, 0.2) is 24.4 Å². The van der Waals surface area contributed by atoms with Crippen LogP contribution in [0.4, 0.5) is 0 Å². The first-order chi connectivity index (χ1) is 8.65. The predicted molar refractivity (Wildman–Crippen MR) is 64.8 cm³/mol. The molecule has 0 radical (unpaired) electrons. The van der Waals surface area contributed by atoms with Gasteiger partial charge in [0.2, 0.25) is 5.82 Å². The highest BCUT2D eigenvalue weighted by atomic mass is 16.4. The van der Waals surface area contributed by atoms with Gasteiger partial charge < -0.3 is 10.4 Å². The van der Waals surface area contributed by atoms with Crippen molar-refractivity contribution < 1.29 is 14.7 Å². The molecule has 2 N–H and O–H groups in total. The number of hydrogen-bond donors (Lipinski definition) is 2. The number of carboxylic acid groups (broad SMARTS) is 1. The minimum absolute atomic E-state index is 0.0939. The molecule has 0 aliphatic heterocycles. The molecule has 0 aliphatic rings. The molecule has 2 rings (SSSR count). The van der Waals surface area contributed by atoms with Crippen LogP contribution in [-0.2, 0) is 0 Å². The number of imidazole rings is 1. The standard InChI is InChI=1S/C12H13N3O3/c1-2-6-13-11(16)10-14-9(12(17)18)8-5-3-4-7-15(8)10/h3-5,7H,2,6H2,1H3,(H,13,16)(H,17,18). The number of nitrogens with zero attached hydrogens (tertiary/aromatic N) is 2. The molecule has 0 bridgehead atoms. The lowest BCUT2D eigenvalue weighted by atomic mass is 10.3. The van der Waals surface area contributed by atoms with Crippen molar-refractivity contribution in [1.82, 2.24) is 14.7 Å². The van der Waals surface area contributed by atoms with Crippen molar-refractivity contribution in [3.05, 3.63) is 35.9 Å². The van der Waals surface area contributed by atoms with Gasteiger partial charge in [0.15, 0.2) is 5.69 Å². The van der Waals surface area contributed by atoms with Crippen molar-refractivity contribution in [3.8, 4) is 0 Å². The summed E-state index contributed by atoms with van der Waals surface area (Å²) in [5.41, 5.74) is 0.295. The summed E-state index contributed by atoms with van der Waals surface area (Å²) in [7, 11) is 0. The van der Waals surface area contributed by atoms with E-state index in [1.54, 1.807) is 24.4 Å². The highest BCUT2D eigenvalue weighted by Gasteiger charge is 2.20. The smallest absolute Gasteiger partial charge is 0.356 e. The summed E-state index contributed by atoms with van der Waals surface area (Å²) in [5, 5.41) is 11.7. The topological polar surface area (TPSA) is 83.7 Å². The molecular formula is C12H13N3O3. The predicted octanol–water partition coefficient (Wildman–Crippen LogP) is 1.17. The number of nitrogens with one attached hydrogen (secondary N) is 1. The highest BCUT2D eigenvalue weighted by Crippen LogP contribution is 2.13. The SMILES string of the molecule is CCCNC(=O)c1nc(C(=O)O)c2ccccn12. The van der Waals surface area contributed by atoms with Crippen molar-refractivity contribution in [2.24, 2.45) is 0 Å². The number of rotatable bonds is 4. The van der Waals surface area contributed by atoms with Gasteiger partial charge in [0.05, 0.1) is 5.52 Å². The number of hydrogen-bond acceptors (Lipinski definition) is 3. The number of carboxylic acids is 1. The zero-order valence-corrected chi connectivity index (χ0v) is 9.88. The van der Waals surface area contributed by atoms with Gasteiger partial charge in [0.1, 0.15) is 0 Å². The largest absolute Gasteiger partial charge is 0.476 e. The van der Waals surface area contributed by atoms with Crippen LogP contribution in [0.3, 0.4) is 0 Å². The average molecular weight is 247 g/mol. The van der Waals surface area contributed by atoms with Gasteiger partial charge in [0.25, 0.3) is 5.91 Å². The number of amides is 1. The fourth-order valence-corrected chi connectivity index (χ4v) is 1.67. The summed E-state index contributed by atoms with van der Waals surface area (Å²) in [6.45, 7) is 2.47. The Morgan fingerprint density at radius 2 is 2.22 bits per heavy atom. The molecule has 0 spiro atoms. The Labute approximate surface area is 103 Å². The lowest BCUT2D eigenvalue weighted by Gasteiger charge is -2.01. The van der Waals surface area contributed by atoms with Gasteiger partial charge in [-0.15, -0.1) is 0 Å². The first kappa shape index (κ1) is 12.1. The maximum atomic E-state index is 11.9. The first-order valence-electron chi connectivity index (χ1n) is 5.63. The van der Waals surface area contributed by atoms with Crippen LogP contribution < -0.4 is 5.32 Å². The molecule has 18 heavy (non-hydrogen) atoms. The van der Waals surface area contributed by atoms with E-state index < -0.39 is 5.97 Å². The van der Waals surface area contributed by atoms with Crippen LogP contribution in [0.25, 0.3) is 5.52 Å². The molecule has 2 aromatic heterocycles. The van der Waals surface area contributed by atoms with Crippen LogP contribution in [0.5, 0.6) is 0 Å². The number of aromatic carboxylic acids is 1. The second-order valence-corrected chi connectivity index (χ2v) is 3.80. The van der Waals surface area contributed by atoms with Crippen molar-refractivity contribution in [3.63, 3.8) is 0 Å². The summed E-state index contributed by atoms with van der Waals surface area (Å²) >= 11 is 0. The molecule has 2 aromatic rings. The maximum Gasteiger partial charge on any atom is 0.356 e. The number of carbonyl (C=O) groups is 2. The molecular weight excluding hydrogens is 234 g/mol. The number of carbonyl (C=O) groups excluding carboxylic acids is 1. The van der Waals surface area contributed by atoms with Gasteiger partial charge >= 0.3 is 5.97 Å². The van der Waals surface area contributed by atoms with E-state index >= 15 is 0 Å². The Morgan fingerprint density at radius 3 is 2.89 bits per heavy atom. The van der Waals surface area contributed by atoms with E-state index in [4.69, 9.17) is 5.11 Å². The van der Waals surface area contributed by atoms with Crippen molar-refractivity contribution in [2.75, 3.05) is 6.54 Å². The number of fused-ring (bicyclic) bond motifs is 1. The van der Waals surface area contributed by atoms with Crippen LogP contribution >= 0.6 is 0 Å². The third kappa shape index (κ3) is 2.04. The molecule has 94 valence electrons. The minimum Gasteiger partial charge on any atom is -0.476 e. The zero-order chi connectivity index (χ0) is 13.1. The zero-order valence-electron chi connectivity index (χ0n) is 9.88.